The SMILES string of the molecule is CCOC(=O)C1=C(COC(=O)c2cc3c(s2)-c2ccccc2CC3)NC(=O)NC1. The fraction of sp³-hybridized carbons (Fsp3) is 0.286. The second-order valence-corrected chi connectivity index (χ2v) is 7.74. The number of fused-ring (bicyclic) bond motifs is 3. The number of aryl methyl sites for hydroxylation is 2. The standard InChI is InChI=1S/C21H20N2O5S/c1-2-27-19(24)15-10-22-21(26)23-16(15)11-28-20(25)17-9-13-8-7-12-5-3-4-6-14(12)18(13)29-17/h3-6,9H,2,7-8,10-11H2,1H3,(H2,22,23,26). The van der Waals surface area contributed by atoms with Gasteiger partial charge in [0.15, 0.2) is 0 Å². The number of rotatable bonds is 5. The van der Waals surface area contributed by atoms with Gasteiger partial charge in [-0.2, -0.15) is 0 Å². The Morgan fingerprint density at radius 1 is 1.10 bits per heavy atom. The number of ether oxygens (including phenoxy) is 2. The summed E-state index contributed by atoms with van der Waals surface area (Å²) in [4.78, 5) is 37.9. The molecular weight excluding hydrogens is 392 g/mol. The second-order valence-electron chi connectivity index (χ2n) is 6.68. The Bertz CT molecular complexity index is 1020. The first kappa shape index (κ1) is 19.2. The summed E-state index contributed by atoms with van der Waals surface area (Å²) in [6.07, 6.45) is 1.83. The number of hydrogen-bond donors (Lipinski definition) is 2. The van der Waals surface area contributed by atoms with E-state index >= 15 is 0 Å². The third-order valence-electron chi connectivity index (χ3n) is 4.86. The predicted octanol–water partition coefficient (Wildman–Crippen LogP) is 2.80. The molecule has 8 heteroatoms. The number of thiophene rings is 1. The molecule has 1 aliphatic carbocycles. The van der Waals surface area contributed by atoms with Crippen LogP contribution in [0.4, 0.5) is 4.79 Å². The molecule has 0 bridgehead atoms. The fourth-order valence-electron chi connectivity index (χ4n) is 3.45. The van der Waals surface area contributed by atoms with Crippen LogP contribution in [0.3, 0.4) is 0 Å². The maximum absolute atomic E-state index is 12.6. The summed E-state index contributed by atoms with van der Waals surface area (Å²) >= 11 is 1.41. The third-order valence-corrected chi connectivity index (χ3v) is 6.05. The lowest BCUT2D eigenvalue weighted by Gasteiger charge is -2.20. The quantitative estimate of drug-likeness (QED) is 0.737. The molecule has 2 aromatic rings. The molecule has 7 nitrogen and oxygen atoms in total. The molecule has 2 N–H and O–H groups in total. The van der Waals surface area contributed by atoms with Crippen LogP contribution in [-0.4, -0.2) is 37.7 Å². The van der Waals surface area contributed by atoms with Crippen molar-refractivity contribution < 1.29 is 23.9 Å². The topological polar surface area (TPSA) is 93.7 Å². The molecule has 4 rings (SSSR count). The van der Waals surface area contributed by atoms with Crippen LogP contribution >= 0.6 is 11.3 Å². The Morgan fingerprint density at radius 3 is 2.72 bits per heavy atom. The highest BCUT2D eigenvalue weighted by Crippen LogP contribution is 2.39. The van der Waals surface area contributed by atoms with Gasteiger partial charge in [-0.25, -0.2) is 14.4 Å². The number of urea groups is 1. The largest absolute Gasteiger partial charge is 0.463 e. The summed E-state index contributed by atoms with van der Waals surface area (Å²) < 4.78 is 10.4. The average Bonchev–Trinajstić information content (AvgIpc) is 3.17. The molecule has 2 heterocycles. The molecule has 1 aromatic heterocycles. The molecule has 1 aliphatic heterocycles. The van der Waals surface area contributed by atoms with Crippen molar-refractivity contribution in [1.29, 1.82) is 0 Å². The molecule has 0 fully saturated rings. The normalized spacial score (nSPS) is 15.0. The summed E-state index contributed by atoms with van der Waals surface area (Å²) in [5.41, 5.74) is 4.08. The van der Waals surface area contributed by atoms with E-state index in [9.17, 15) is 14.4 Å². The van der Waals surface area contributed by atoms with Crippen molar-refractivity contribution in [2.45, 2.75) is 19.8 Å². The predicted molar refractivity (Wildman–Crippen MR) is 108 cm³/mol. The molecule has 2 amide bonds. The molecule has 2 aliphatic rings. The number of esters is 2. The van der Waals surface area contributed by atoms with Crippen molar-refractivity contribution in [2.75, 3.05) is 19.8 Å². The van der Waals surface area contributed by atoms with Crippen LogP contribution in [0.1, 0.15) is 27.7 Å². The van der Waals surface area contributed by atoms with Gasteiger partial charge in [-0.1, -0.05) is 24.3 Å². The van der Waals surface area contributed by atoms with Crippen molar-refractivity contribution in [2.24, 2.45) is 0 Å². The Balaban J connectivity index is 1.51. The van der Waals surface area contributed by atoms with Gasteiger partial charge in [0.2, 0.25) is 0 Å². The van der Waals surface area contributed by atoms with E-state index in [0.717, 1.165) is 28.8 Å². The Hall–Kier alpha value is -3.13. The van der Waals surface area contributed by atoms with Gasteiger partial charge in [0.05, 0.1) is 24.4 Å². The zero-order valence-corrected chi connectivity index (χ0v) is 16.7. The molecule has 150 valence electrons. The Morgan fingerprint density at radius 2 is 1.90 bits per heavy atom. The van der Waals surface area contributed by atoms with E-state index in [1.807, 2.05) is 18.2 Å². The minimum absolute atomic E-state index is 0.0294. The van der Waals surface area contributed by atoms with Crippen LogP contribution in [0.25, 0.3) is 10.4 Å². The molecule has 0 atom stereocenters. The fourth-order valence-corrected chi connectivity index (χ4v) is 4.61. The Labute approximate surface area is 171 Å². The number of hydrogen-bond acceptors (Lipinski definition) is 6. The molecular formula is C21H20N2O5S. The molecule has 29 heavy (non-hydrogen) atoms. The van der Waals surface area contributed by atoms with Crippen LogP contribution < -0.4 is 10.6 Å². The van der Waals surface area contributed by atoms with Crippen LogP contribution in [0, 0.1) is 0 Å². The average molecular weight is 412 g/mol. The molecule has 0 unspecified atom stereocenters. The molecule has 1 aromatic carbocycles. The highest BCUT2D eigenvalue weighted by molar-refractivity contribution is 7.17. The first-order chi connectivity index (χ1) is 14.1. The van der Waals surface area contributed by atoms with Gasteiger partial charge in [-0.3, -0.25) is 0 Å². The van der Waals surface area contributed by atoms with Gasteiger partial charge in [0, 0.05) is 4.88 Å². The number of nitrogens with one attached hydrogen (secondary N) is 2. The lowest BCUT2D eigenvalue weighted by atomic mass is 9.91. The van der Waals surface area contributed by atoms with Crippen molar-refractivity contribution in [3.05, 3.63) is 57.6 Å². The summed E-state index contributed by atoms with van der Waals surface area (Å²) in [5, 5.41) is 5.05. The van der Waals surface area contributed by atoms with Gasteiger partial charge >= 0.3 is 18.0 Å². The van der Waals surface area contributed by atoms with Crippen molar-refractivity contribution in [1.82, 2.24) is 10.6 Å². The number of carbonyl (C=O) groups is 3. The Kier molecular flexibility index (Phi) is 5.35. The van der Waals surface area contributed by atoms with Crippen molar-refractivity contribution >= 4 is 29.3 Å². The molecule has 0 radical (unpaired) electrons. The number of benzene rings is 1. The van der Waals surface area contributed by atoms with E-state index in [4.69, 9.17) is 9.47 Å². The highest BCUT2D eigenvalue weighted by Gasteiger charge is 2.26. The summed E-state index contributed by atoms with van der Waals surface area (Å²) in [6.45, 7) is 1.73. The van der Waals surface area contributed by atoms with E-state index in [2.05, 4.69) is 22.8 Å². The van der Waals surface area contributed by atoms with Crippen LogP contribution in [0.2, 0.25) is 0 Å². The van der Waals surface area contributed by atoms with Crippen LogP contribution in [0.15, 0.2) is 41.6 Å². The first-order valence-electron chi connectivity index (χ1n) is 9.39. The summed E-state index contributed by atoms with van der Waals surface area (Å²) in [7, 11) is 0. The highest BCUT2D eigenvalue weighted by atomic mass is 32.1. The smallest absolute Gasteiger partial charge is 0.348 e. The van der Waals surface area contributed by atoms with Gasteiger partial charge in [0.1, 0.15) is 11.5 Å². The molecule has 0 saturated heterocycles. The van der Waals surface area contributed by atoms with Gasteiger partial charge in [-0.05, 0) is 42.5 Å². The van der Waals surface area contributed by atoms with E-state index in [-0.39, 0.29) is 31.0 Å². The maximum Gasteiger partial charge on any atom is 0.348 e. The van der Waals surface area contributed by atoms with Crippen molar-refractivity contribution in [3.8, 4) is 10.4 Å². The van der Waals surface area contributed by atoms with Crippen LogP contribution in [0.5, 0.6) is 0 Å². The third kappa shape index (κ3) is 3.88. The maximum atomic E-state index is 12.6. The second kappa shape index (κ2) is 8.08. The van der Waals surface area contributed by atoms with Gasteiger partial charge < -0.3 is 20.1 Å². The summed E-state index contributed by atoms with van der Waals surface area (Å²) in [6, 6.07) is 9.62. The lowest BCUT2D eigenvalue weighted by Crippen LogP contribution is -2.45. The number of amides is 2. The van der Waals surface area contributed by atoms with Crippen molar-refractivity contribution in [3.63, 3.8) is 0 Å². The van der Waals surface area contributed by atoms with Gasteiger partial charge in [-0.15, -0.1) is 11.3 Å². The monoisotopic (exact) mass is 412 g/mol. The first-order valence-corrected chi connectivity index (χ1v) is 10.2. The minimum Gasteiger partial charge on any atom is -0.463 e. The van der Waals surface area contributed by atoms with E-state index < -0.39 is 18.0 Å². The molecule has 0 spiro atoms. The van der Waals surface area contributed by atoms with E-state index in [1.165, 1.54) is 16.9 Å². The zero-order chi connectivity index (χ0) is 20.4. The zero-order valence-electron chi connectivity index (χ0n) is 15.9. The van der Waals surface area contributed by atoms with E-state index in [1.54, 1.807) is 6.92 Å². The lowest BCUT2D eigenvalue weighted by molar-refractivity contribution is -0.138. The van der Waals surface area contributed by atoms with Gasteiger partial charge in [0.25, 0.3) is 0 Å². The van der Waals surface area contributed by atoms with Crippen LogP contribution in [-0.2, 0) is 27.1 Å². The number of carbonyl (C=O) groups excluding carboxylic acids is 3. The molecule has 0 saturated carbocycles. The summed E-state index contributed by atoms with van der Waals surface area (Å²) in [5.74, 6) is -1.03. The van der Waals surface area contributed by atoms with E-state index in [0.29, 0.717) is 4.88 Å². The minimum atomic E-state index is -0.547.